The molecule has 0 spiro atoms. The molecule has 5 saturated carbocycles. The molecule has 5 aliphatic carbocycles. The Kier molecular flexibility index (Phi) is 3.94. The van der Waals surface area contributed by atoms with Crippen LogP contribution in [0, 0.1) is 29.2 Å². The number of nitrogens with one attached hydrogen (secondary N) is 1. The third kappa shape index (κ3) is 2.62. The van der Waals surface area contributed by atoms with Gasteiger partial charge in [0.2, 0.25) is 0 Å². The van der Waals surface area contributed by atoms with E-state index >= 15 is 0 Å². The van der Waals surface area contributed by atoms with Crippen molar-refractivity contribution in [3.63, 3.8) is 0 Å². The molecule has 0 aliphatic heterocycles. The summed E-state index contributed by atoms with van der Waals surface area (Å²) in [6.07, 6.45) is 10.0. The maximum absolute atomic E-state index is 12.6. The van der Waals surface area contributed by atoms with Gasteiger partial charge in [-0.05, 0) is 68.3 Å². The third-order valence-corrected chi connectivity index (χ3v) is 10.0. The molecular weight excluding hydrogens is 370 g/mol. The number of aliphatic imine (C=N–C) groups is 1. The minimum atomic E-state index is -3.06. The number of nitrogens with zero attached hydrogens (tertiary/aromatic N) is 2. The molecule has 2 atom stereocenters. The highest BCUT2D eigenvalue weighted by atomic mass is 32.2. The van der Waals surface area contributed by atoms with Gasteiger partial charge in [0, 0.05) is 6.26 Å². The van der Waals surface area contributed by atoms with Crippen LogP contribution in [-0.4, -0.2) is 31.3 Å². The van der Waals surface area contributed by atoms with Gasteiger partial charge in [-0.25, -0.2) is 8.42 Å². The molecule has 6 rings (SSSR count). The smallest absolute Gasteiger partial charge is 0.182 e. The first-order valence-electron chi connectivity index (χ1n) is 10.4. The first-order chi connectivity index (χ1) is 13.4. The molecule has 2 unspecified atom stereocenters. The minimum Gasteiger partial charge on any atom is -0.280 e. The molecular formula is C22H27N3O2S. The SMILES string of the molecule is CS(=O)(=O)C12CC3CC(C1)C(N=C(NC#N)C1(c4ccccc4)CC1)C(C3)C2. The van der Waals surface area contributed by atoms with Crippen molar-refractivity contribution in [2.24, 2.45) is 22.7 Å². The molecule has 1 aromatic rings. The Labute approximate surface area is 167 Å². The highest BCUT2D eigenvalue weighted by molar-refractivity contribution is 7.92. The molecule has 0 radical (unpaired) electrons. The van der Waals surface area contributed by atoms with Crippen LogP contribution in [0.25, 0.3) is 0 Å². The summed E-state index contributed by atoms with van der Waals surface area (Å²) in [5.74, 6) is 1.97. The molecule has 5 fully saturated rings. The van der Waals surface area contributed by atoms with Gasteiger partial charge in [-0.2, -0.15) is 5.26 Å². The van der Waals surface area contributed by atoms with E-state index in [1.807, 2.05) is 18.2 Å². The molecule has 28 heavy (non-hydrogen) atoms. The Morgan fingerprint density at radius 1 is 1.14 bits per heavy atom. The summed E-state index contributed by atoms with van der Waals surface area (Å²) in [7, 11) is -3.06. The van der Waals surface area contributed by atoms with Crippen molar-refractivity contribution in [2.45, 2.75) is 61.1 Å². The molecule has 1 N–H and O–H groups in total. The second-order valence-electron chi connectivity index (χ2n) is 9.58. The van der Waals surface area contributed by atoms with Gasteiger partial charge in [0.15, 0.2) is 16.0 Å². The van der Waals surface area contributed by atoms with E-state index in [0.29, 0.717) is 17.8 Å². The van der Waals surface area contributed by atoms with Crippen molar-refractivity contribution in [1.29, 1.82) is 5.26 Å². The summed E-state index contributed by atoms with van der Waals surface area (Å²) in [5.41, 5.74) is 1.05. The van der Waals surface area contributed by atoms with E-state index < -0.39 is 14.6 Å². The van der Waals surface area contributed by atoms with Gasteiger partial charge in [-0.15, -0.1) is 0 Å². The van der Waals surface area contributed by atoms with Gasteiger partial charge in [0.1, 0.15) is 5.84 Å². The van der Waals surface area contributed by atoms with E-state index in [2.05, 4.69) is 23.6 Å². The third-order valence-electron chi connectivity index (χ3n) is 7.94. The second-order valence-corrected chi connectivity index (χ2v) is 12.0. The van der Waals surface area contributed by atoms with Gasteiger partial charge in [-0.3, -0.25) is 10.3 Å². The fraction of sp³-hybridized carbons (Fsp3) is 0.636. The average Bonchev–Trinajstić information content (AvgIpc) is 3.45. The summed E-state index contributed by atoms with van der Waals surface area (Å²) in [6.45, 7) is 0. The summed E-state index contributed by atoms with van der Waals surface area (Å²) in [6, 6.07) is 10.5. The lowest BCUT2D eigenvalue weighted by atomic mass is 9.54. The van der Waals surface area contributed by atoms with Crippen LogP contribution in [0.3, 0.4) is 0 Å². The molecule has 0 amide bonds. The lowest BCUT2D eigenvalue weighted by molar-refractivity contribution is 0.0146. The Bertz CT molecular complexity index is 943. The van der Waals surface area contributed by atoms with E-state index in [0.717, 1.165) is 50.8 Å². The summed E-state index contributed by atoms with van der Waals surface area (Å²) < 4.78 is 24.6. The van der Waals surface area contributed by atoms with Crippen molar-refractivity contribution >= 4 is 15.7 Å². The molecule has 1 aromatic carbocycles. The lowest BCUT2D eigenvalue weighted by Gasteiger charge is -2.58. The Balaban J connectivity index is 1.50. The van der Waals surface area contributed by atoms with E-state index in [1.54, 1.807) is 0 Å². The molecule has 0 aromatic heterocycles. The van der Waals surface area contributed by atoms with E-state index in [-0.39, 0.29) is 11.5 Å². The van der Waals surface area contributed by atoms with Crippen molar-refractivity contribution in [1.82, 2.24) is 5.32 Å². The zero-order valence-corrected chi connectivity index (χ0v) is 17.1. The first kappa shape index (κ1) is 18.2. The van der Waals surface area contributed by atoms with E-state index in [9.17, 15) is 13.7 Å². The lowest BCUT2D eigenvalue weighted by Crippen LogP contribution is -2.59. The van der Waals surface area contributed by atoms with Crippen LogP contribution in [0.1, 0.15) is 50.5 Å². The summed E-state index contributed by atoms with van der Waals surface area (Å²) in [5, 5.41) is 12.3. The van der Waals surface area contributed by atoms with Crippen molar-refractivity contribution < 1.29 is 8.42 Å². The first-order valence-corrected chi connectivity index (χ1v) is 12.2. The Hall–Kier alpha value is -1.87. The molecule has 0 heterocycles. The summed E-state index contributed by atoms with van der Waals surface area (Å²) >= 11 is 0. The van der Waals surface area contributed by atoms with Crippen LogP contribution in [-0.2, 0) is 15.3 Å². The van der Waals surface area contributed by atoms with Crippen LogP contribution in [0.4, 0.5) is 0 Å². The standard InChI is InChI=1S/C22H27N3O2S/c1-28(26,27)21-11-15-9-16(12-21)19(17(10-15)13-21)25-20(24-14-23)22(7-8-22)18-5-3-2-4-6-18/h2-6,15-17,19H,7-13H2,1H3,(H,24,25). The van der Waals surface area contributed by atoms with Crippen molar-refractivity contribution in [3.8, 4) is 6.19 Å². The van der Waals surface area contributed by atoms with E-state index in [1.165, 1.54) is 11.8 Å². The number of hydrogen-bond donors (Lipinski definition) is 1. The van der Waals surface area contributed by atoms with Crippen LogP contribution in [0.15, 0.2) is 35.3 Å². The topological polar surface area (TPSA) is 82.3 Å². The summed E-state index contributed by atoms with van der Waals surface area (Å²) in [4.78, 5) is 5.18. The Morgan fingerprint density at radius 2 is 1.79 bits per heavy atom. The number of hydrogen-bond acceptors (Lipinski definition) is 4. The van der Waals surface area contributed by atoms with Crippen molar-refractivity contribution in [3.05, 3.63) is 35.9 Å². The van der Waals surface area contributed by atoms with Crippen LogP contribution in [0.5, 0.6) is 0 Å². The number of benzene rings is 1. The normalized spacial score (nSPS) is 38.1. The maximum atomic E-state index is 12.6. The number of amidine groups is 1. The maximum Gasteiger partial charge on any atom is 0.182 e. The fourth-order valence-electron chi connectivity index (χ4n) is 6.61. The van der Waals surface area contributed by atoms with Crippen LogP contribution in [0.2, 0.25) is 0 Å². The molecule has 0 saturated heterocycles. The quantitative estimate of drug-likeness (QED) is 0.366. The number of nitriles is 1. The van der Waals surface area contributed by atoms with Gasteiger partial charge in [0.25, 0.3) is 0 Å². The highest BCUT2D eigenvalue weighted by Crippen LogP contribution is 2.60. The van der Waals surface area contributed by atoms with Gasteiger partial charge in [0.05, 0.1) is 16.2 Å². The molecule has 5 nitrogen and oxygen atoms in total. The fourth-order valence-corrected chi connectivity index (χ4v) is 8.18. The van der Waals surface area contributed by atoms with Crippen LogP contribution >= 0.6 is 0 Å². The zero-order chi connectivity index (χ0) is 19.6. The molecule has 4 bridgehead atoms. The van der Waals surface area contributed by atoms with Crippen LogP contribution < -0.4 is 5.32 Å². The molecule has 148 valence electrons. The Morgan fingerprint density at radius 3 is 2.32 bits per heavy atom. The predicted molar refractivity (Wildman–Crippen MR) is 108 cm³/mol. The number of rotatable bonds is 4. The van der Waals surface area contributed by atoms with Gasteiger partial charge < -0.3 is 0 Å². The van der Waals surface area contributed by atoms with Gasteiger partial charge in [-0.1, -0.05) is 30.3 Å². The van der Waals surface area contributed by atoms with Gasteiger partial charge >= 0.3 is 0 Å². The number of sulfone groups is 1. The highest BCUT2D eigenvalue weighted by Gasteiger charge is 2.60. The zero-order valence-electron chi connectivity index (χ0n) is 16.3. The minimum absolute atomic E-state index is 0.142. The predicted octanol–water partition coefficient (Wildman–Crippen LogP) is 3.18. The average molecular weight is 398 g/mol. The largest absolute Gasteiger partial charge is 0.280 e. The molecule has 5 aliphatic rings. The second kappa shape index (κ2) is 6.06. The van der Waals surface area contributed by atoms with E-state index in [4.69, 9.17) is 4.99 Å². The molecule has 6 heteroatoms. The van der Waals surface area contributed by atoms with Crippen molar-refractivity contribution in [2.75, 3.05) is 6.26 Å². The monoisotopic (exact) mass is 397 g/mol.